The van der Waals surface area contributed by atoms with Gasteiger partial charge in [0.15, 0.2) is 6.10 Å². The largest absolute Gasteiger partial charge is 0.462 e. The molecule has 0 saturated heterocycles. The van der Waals surface area contributed by atoms with E-state index in [1.807, 2.05) is 42.7 Å². The predicted molar refractivity (Wildman–Crippen MR) is 118 cm³/mol. The van der Waals surface area contributed by atoms with Crippen LogP contribution >= 0.6 is 0 Å². The summed E-state index contributed by atoms with van der Waals surface area (Å²) in [5.74, 6) is -1.01. The lowest BCUT2D eigenvalue weighted by Crippen LogP contribution is -2.25. The third-order valence-corrected chi connectivity index (χ3v) is 4.85. The van der Waals surface area contributed by atoms with Crippen LogP contribution in [0.5, 0.6) is 0 Å². The van der Waals surface area contributed by atoms with Gasteiger partial charge in [0.1, 0.15) is 0 Å². The van der Waals surface area contributed by atoms with Gasteiger partial charge in [0, 0.05) is 17.0 Å². The van der Waals surface area contributed by atoms with Crippen molar-refractivity contribution in [3.8, 4) is 5.69 Å². The number of aromatic nitrogens is 1. The maximum atomic E-state index is 12.4. The molecule has 0 aliphatic rings. The number of aryl methyl sites for hydroxylation is 1. The number of ether oxygens (including phenoxy) is 1. The molecule has 3 rings (SSSR count). The van der Waals surface area contributed by atoms with Gasteiger partial charge >= 0.3 is 5.97 Å². The molecular formula is C24H25N3O4. The summed E-state index contributed by atoms with van der Waals surface area (Å²) in [6.07, 6.45) is 0.212. The third-order valence-electron chi connectivity index (χ3n) is 4.85. The molecule has 0 spiro atoms. The molecule has 0 aliphatic carbocycles. The lowest BCUT2D eigenvalue weighted by atomic mass is 10.1. The zero-order valence-corrected chi connectivity index (χ0v) is 17.7. The van der Waals surface area contributed by atoms with Crippen LogP contribution in [0.25, 0.3) is 5.69 Å². The second-order valence-corrected chi connectivity index (χ2v) is 6.95. The quantitative estimate of drug-likeness (QED) is 0.348. The molecule has 0 radical (unpaired) electrons. The zero-order chi connectivity index (χ0) is 22.4. The number of benzene rings is 2. The van der Waals surface area contributed by atoms with Crippen LogP contribution in [0, 0.1) is 13.8 Å². The van der Waals surface area contributed by atoms with E-state index in [-0.39, 0.29) is 5.97 Å². The lowest BCUT2D eigenvalue weighted by Gasteiger charge is -2.14. The fourth-order valence-electron chi connectivity index (χ4n) is 3.35. The van der Waals surface area contributed by atoms with Crippen molar-refractivity contribution in [2.45, 2.75) is 26.9 Å². The van der Waals surface area contributed by atoms with Gasteiger partial charge < -0.3 is 14.4 Å². The number of rotatable bonds is 7. The topological polar surface area (TPSA) is 92.9 Å². The van der Waals surface area contributed by atoms with E-state index in [4.69, 9.17) is 4.74 Å². The molecule has 1 atom stereocenters. The van der Waals surface area contributed by atoms with Crippen molar-refractivity contribution in [2.75, 3.05) is 6.61 Å². The van der Waals surface area contributed by atoms with E-state index >= 15 is 0 Å². The van der Waals surface area contributed by atoms with Gasteiger partial charge in [0.2, 0.25) is 0 Å². The Hall–Kier alpha value is -3.71. The van der Waals surface area contributed by atoms with Crippen molar-refractivity contribution in [2.24, 2.45) is 5.10 Å². The summed E-state index contributed by atoms with van der Waals surface area (Å²) in [6.45, 7) is 5.88. The van der Waals surface area contributed by atoms with E-state index < -0.39 is 12.0 Å². The number of hydrazone groups is 1. The molecule has 0 unspecified atom stereocenters. The molecule has 2 aromatic carbocycles. The van der Waals surface area contributed by atoms with Gasteiger partial charge in [-0.25, -0.2) is 10.2 Å². The SMILES string of the molecule is CCOC(=O)c1ccccc1-n1c(C)cc(/C=N\NC(=O)[C@H](O)c2ccccc2)c1C. The third kappa shape index (κ3) is 4.90. The molecule has 0 aliphatic heterocycles. The molecule has 1 amide bonds. The summed E-state index contributed by atoms with van der Waals surface area (Å²) in [4.78, 5) is 24.5. The summed E-state index contributed by atoms with van der Waals surface area (Å²) in [5, 5.41) is 14.1. The second kappa shape index (κ2) is 9.86. The molecule has 31 heavy (non-hydrogen) atoms. The number of para-hydroxylation sites is 1. The van der Waals surface area contributed by atoms with E-state index in [1.165, 1.54) is 6.21 Å². The number of hydrogen-bond donors (Lipinski definition) is 2. The number of esters is 1. The van der Waals surface area contributed by atoms with Crippen LogP contribution in [0.15, 0.2) is 65.8 Å². The average Bonchev–Trinajstić information content (AvgIpc) is 3.06. The average molecular weight is 419 g/mol. The van der Waals surface area contributed by atoms with Crippen molar-refractivity contribution in [3.63, 3.8) is 0 Å². The molecule has 7 heteroatoms. The number of amides is 1. The Kier molecular flexibility index (Phi) is 6.99. The smallest absolute Gasteiger partial charge is 0.340 e. The first-order valence-corrected chi connectivity index (χ1v) is 9.95. The molecule has 2 N–H and O–H groups in total. The molecule has 1 aromatic heterocycles. The Bertz CT molecular complexity index is 1100. The first-order chi connectivity index (χ1) is 14.9. The number of aliphatic hydroxyl groups is 1. The molecule has 160 valence electrons. The first-order valence-electron chi connectivity index (χ1n) is 9.95. The summed E-state index contributed by atoms with van der Waals surface area (Å²) in [5.41, 5.74) is 6.54. The van der Waals surface area contributed by atoms with Gasteiger partial charge in [-0.3, -0.25) is 4.79 Å². The molecule has 0 saturated carbocycles. The molecule has 1 heterocycles. The minimum atomic E-state index is -1.30. The summed E-state index contributed by atoms with van der Waals surface area (Å²) < 4.78 is 7.12. The van der Waals surface area contributed by atoms with Crippen molar-refractivity contribution in [1.29, 1.82) is 0 Å². The van der Waals surface area contributed by atoms with Gasteiger partial charge in [-0.15, -0.1) is 0 Å². The number of carbonyl (C=O) groups is 2. The summed E-state index contributed by atoms with van der Waals surface area (Å²) >= 11 is 0. The number of hydrogen-bond acceptors (Lipinski definition) is 5. The Morgan fingerprint density at radius 1 is 1.13 bits per heavy atom. The molecule has 7 nitrogen and oxygen atoms in total. The Morgan fingerprint density at radius 2 is 1.81 bits per heavy atom. The standard InChI is InChI=1S/C24H25N3O4/c1-4-31-24(30)20-12-8-9-13-21(20)27-16(2)14-19(17(27)3)15-25-26-23(29)22(28)18-10-6-5-7-11-18/h5-15,22,28H,4H2,1-3H3,(H,26,29)/b25-15-/t22-/m1/s1. The van der Waals surface area contributed by atoms with Gasteiger partial charge in [-0.05, 0) is 44.5 Å². The number of carbonyl (C=O) groups excluding carboxylic acids is 2. The normalized spacial score (nSPS) is 12.0. The van der Waals surface area contributed by atoms with Crippen molar-refractivity contribution < 1.29 is 19.4 Å². The first kappa shape index (κ1) is 22.0. The molecular weight excluding hydrogens is 394 g/mol. The van der Waals surface area contributed by atoms with E-state index in [2.05, 4.69) is 10.5 Å². The Labute approximate surface area is 181 Å². The minimum Gasteiger partial charge on any atom is -0.462 e. The van der Waals surface area contributed by atoms with Crippen LogP contribution in [0.2, 0.25) is 0 Å². The maximum Gasteiger partial charge on any atom is 0.340 e. The van der Waals surface area contributed by atoms with E-state index in [0.29, 0.717) is 23.4 Å². The van der Waals surface area contributed by atoms with Crippen LogP contribution in [-0.2, 0) is 9.53 Å². The van der Waals surface area contributed by atoms with Gasteiger partial charge in [0.25, 0.3) is 5.91 Å². The summed E-state index contributed by atoms with van der Waals surface area (Å²) in [6, 6.07) is 17.8. The zero-order valence-electron chi connectivity index (χ0n) is 17.7. The van der Waals surface area contributed by atoms with E-state index in [0.717, 1.165) is 17.0 Å². The van der Waals surface area contributed by atoms with Crippen LogP contribution in [0.3, 0.4) is 0 Å². The van der Waals surface area contributed by atoms with Gasteiger partial charge in [0.05, 0.1) is 24.1 Å². The van der Waals surface area contributed by atoms with E-state index in [9.17, 15) is 14.7 Å². The van der Waals surface area contributed by atoms with E-state index in [1.54, 1.807) is 43.3 Å². The van der Waals surface area contributed by atoms with Crippen LogP contribution in [0.1, 0.15) is 45.9 Å². The van der Waals surface area contributed by atoms with Crippen molar-refractivity contribution in [1.82, 2.24) is 9.99 Å². The minimum absolute atomic E-state index is 0.295. The predicted octanol–water partition coefficient (Wildman–Crippen LogP) is 3.45. The highest BCUT2D eigenvalue weighted by Crippen LogP contribution is 2.23. The monoisotopic (exact) mass is 419 g/mol. The second-order valence-electron chi connectivity index (χ2n) is 6.95. The van der Waals surface area contributed by atoms with Gasteiger partial charge in [-0.2, -0.15) is 5.10 Å². The van der Waals surface area contributed by atoms with Crippen LogP contribution < -0.4 is 5.43 Å². The van der Waals surface area contributed by atoms with Crippen LogP contribution in [0.4, 0.5) is 0 Å². The van der Waals surface area contributed by atoms with Crippen LogP contribution in [-0.4, -0.2) is 34.4 Å². The fraction of sp³-hybridized carbons (Fsp3) is 0.208. The number of aliphatic hydroxyl groups excluding tert-OH is 1. The molecule has 3 aromatic rings. The Morgan fingerprint density at radius 3 is 2.52 bits per heavy atom. The number of nitrogens with one attached hydrogen (secondary N) is 1. The maximum absolute atomic E-state index is 12.4. The number of nitrogens with zero attached hydrogens (tertiary/aromatic N) is 2. The van der Waals surface area contributed by atoms with Crippen molar-refractivity contribution in [3.05, 3.63) is 88.7 Å². The van der Waals surface area contributed by atoms with Gasteiger partial charge in [-0.1, -0.05) is 42.5 Å². The molecule has 0 fully saturated rings. The Balaban J connectivity index is 1.81. The molecule has 0 bridgehead atoms. The summed E-state index contributed by atoms with van der Waals surface area (Å²) in [7, 11) is 0. The highest BCUT2D eigenvalue weighted by molar-refractivity contribution is 5.94. The lowest BCUT2D eigenvalue weighted by molar-refractivity contribution is -0.129. The van der Waals surface area contributed by atoms with Crippen molar-refractivity contribution >= 4 is 18.1 Å². The fourth-order valence-corrected chi connectivity index (χ4v) is 3.35. The highest BCUT2D eigenvalue weighted by atomic mass is 16.5. The highest BCUT2D eigenvalue weighted by Gasteiger charge is 2.18.